The highest BCUT2D eigenvalue weighted by atomic mass is 79.9. The molecule has 0 radical (unpaired) electrons. The number of halogens is 1. The van der Waals surface area contributed by atoms with E-state index in [2.05, 4.69) is 26.2 Å². The Hall–Kier alpha value is -0.610. The monoisotopic (exact) mass is 242 g/mol. The van der Waals surface area contributed by atoms with Crippen molar-refractivity contribution >= 4 is 21.6 Å². The van der Waals surface area contributed by atoms with Gasteiger partial charge in [-0.1, -0.05) is 0 Å². The highest BCUT2D eigenvalue weighted by molar-refractivity contribution is 9.10. The van der Waals surface area contributed by atoms with Crippen molar-refractivity contribution in [3.63, 3.8) is 0 Å². The molecule has 1 saturated heterocycles. The molecule has 0 saturated carbocycles. The molecule has 2 heterocycles. The van der Waals surface area contributed by atoms with Crippen molar-refractivity contribution in [2.24, 2.45) is 0 Å². The average molecular weight is 243 g/mol. The molecule has 70 valence electrons. The number of hydrogen-bond donors (Lipinski definition) is 1. The summed E-state index contributed by atoms with van der Waals surface area (Å²) in [6.45, 7) is 1.66. The van der Waals surface area contributed by atoms with Crippen molar-refractivity contribution < 1.29 is 4.74 Å². The Morgan fingerprint density at radius 3 is 3.08 bits per heavy atom. The molecule has 1 fully saturated rings. The maximum absolute atomic E-state index is 5.26. The van der Waals surface area contributed by atoms with E-state index in [1.807, 2.05) is 18.3 Å². The fraction of sp³-hybridized carbons (Fsp3) is 0.444. The summed E-state index contributed by atoms with van der Waals surface area (Å²) in [5.41, 5.74) is 1.05. The molecule has 0 aromatic carbocycles. The van der Waals surface area contributed by atoms with Crippen LogP contribution in [0.1, 0.15) is 6.42 Å². The SMILES string of the molecule is Brc1ccc(NC2CCOC2)cn1. The van der Waals surface area contributed by atoms with Gasteiger partial charge >= 0.3 is 0 Å². The maximum atomic E-state index is 5.26. The molecular weight excluding hydrogens is 232 g/mol. The van der Waals surface area contributed by atoms with Crippen molar-refractivity contribution in [3.05, 3.63) is 22.9 Å². The summed E-state index contributed by atoms with van der Waals surface area (Å²) in [7, 11) is 0. The number of hydrogen-bond acceptors (Lipinski definition) is 3. The van der Waals surface area contributed by atoms with Crippen molar-refractivity contribution in [3.8, 4) is 0 Å². The fourth-order valence-corrected chi connectivity index (χ4v) is 1.58. The molecule has 1 aromatic heterocycles. The maximum Gasteiger partial charge on any atom is 0.106 e. The van der Waals surface area contributed by atoms with E-state index in [1.165, 1.54) is 0 Å². The third-order valence-electron chi connectivity index (χ3n) is 2.03. The summed E-state index contributed by atoms with van der Waals surface area (Å²) >= 11 is 3.29. The van der Waals surface area contributed by atoms with Gasteiger partial charge in [-0.3, -0.25) is 0 Å². The first kappa shape index (κ1) is 8.97. The normalized spacial score (nSPS) is 21.8. The number of nitrogens with one attached hydrogen (secondary N) is 1. The molecule has 13 heavy (non-hydrogen) atoms. The molecule has 1 aliphatic rings. The summed E-state index contributed by atoms with van der Waals surface area (Å²) in [6.07, 6.45) is 2.90. The van der Waals surface area contributed by atoms with Crippen LogP contribution in [-0.4, -0.2) is 24.2 Å². The van der Waals surface area contributed by atoms with E-state index in [0.29, 0.717) is 6.04 Å². The van der Waals surface area contributed by atoms with E-state index in [1.54, 1.807) is 0 Å². The first-order valence-electron chi connectivity index (χ1n) is 4.30. The van der Waals surface area contributed by atoms with Gasteiger partial charge in [0, 0.05) is 6.61 Å². The van der Waals surface area contributed by atoms with Gasteiger partial charge in [0.15, 0.2) is 0 Å². The van der Waals surface area contributed by atoms with Gasteiger partial charge in [0.1, 0.15) is 4.60 Å². The highest BCUT2D eigenvalue weighted by Gasteiger charge is 2.14. The number of ether oxygens (including phenoxy) is 1. The summed E-state index contributed by atoms with van der Waals surface area (Å²) < 4.78 is 6.12. The standard InChI is InChI=1S/C9H11BrN2O/c10-9-2-1-7(5-11-9)12-8-3-4-13-6-8/h1-2,5,8,12H,3-4,6H2. The minimum absolute atomic E-state index is 0.447. The molecule has 0 bridgehead atoms. The van der Waals surface area contributed by atoms with Crippen molar-refractivity contribution in [1.29, 1.82) is 0 Å². The molecule has 0 aliphatic carbocycles. The van der Waals surface area contributed by atoms with E-state index in [9.17, 15) is 0 Å². The zero-order valence-electron chi connectivity index (χ0n) is 7.16. The number of rotatable bonds is 2. The molecule has 1 aliphatic heterocycles. The van der Waals surface area contributed by atoms with Gasteiger partial charge in [0.2, 0.25) is 0 Å². The zero-order valence-corrected chi connectivity index (χ0v) is 8.75. The van der Waals surface area contributed by atoms with Crippen LogP contribution in [0.4, 0.5) is 5.69 Å². The Morgan fingerprint density at radius 2 is 2.46 bits per heavy atom. The lowest BCUT2D eigenvalue weighted by Crippen LogP contribution is -2.18. The summed E-state index contributed by atoms with van der Waals surface area (Å²) in [5.74, 6) is 0. The van der Waals surface area contributed by atoms with Gasteiger partial charge in [-0.25, -0.2) is 4.98 Å². The molecule has 0 spiro atoms. The van der Waals surface area contributed by atoms with Gasteiger partial charge in [-0.2, -0.15) is 0 Å². The van der Waals surface area contributed by atoms with Gasteiger partial charge in [0.05, 0.1) is 24.5 Å². The Morgan fingerprint density at radius 1 is 1.54 bits per heavy atom. The number of nitrogens with zero attached hydrogens (tertiary/aromatic N) is 1. The van der Waals surface area contributed by atoms with Crippen LogP contribution in [0.2, 0.25) is 0 Å². The van der Waals surface area contributed by atoms with Crippen LogP contribution in [0.15, 0.2) is 22.9 Å². The van der Waals surface area contributed by atoms with Gasteiger partial charge in [-0.05, 0) is 34.5 Å². The fourth-order valence-electron chi connectivity index (χ4n) is 1.35. The van der Waals surface area contributed by atoms with Gasteiger partial charge in [-0.15, -0.1) is 0 Å². The van der Waals surface area contributed by atoms with Crippen LogP contribution in [0.3, 0.4) is 0 Å². The van der Waals surface area contributed by atoms with Crippen LogP contribution < -0.4 is 5.32 Å². The third kappa shape index (κ3) is 2.42. The van der Waals surface area contributed by atoms with Crippen LogP contribution in [0, 0.1) is 0 Å². The largest absolute Gasteiger partial charge is 0.379 e. The minimum atomic E-state index is 0.447. The lowest BCUT2D eigenvalue weighted by atomic mass is 10.2. The van der Waals surface area contributed by atoms with E-state index in [4.69, 9.17) is 4.74 Å². The first-order valence-corrected chi connectivity index (χ1v) is 5.10. The van der Waals surface area contributed by atoms with Crippen molar-refractivity contribution in [2.45, 2.75) is 12.5 Å². The van der Waals surface area contributed by atoms with Crippen LogP contribution in [0.5, 0.6) is 0 Å². The van der Waals surface area contributed by atoms with Crippen LogP contribution in [-0.2, 0) is 4.74 Å². The Balaban J connectivity index is 1.97. The highest BCUT2D eigenvalue weighted by Crippen LogP contribution is 2.14. The molecule has 2 rings (SSSR count). The summed E-state index contributed by atoms with van der Waals surface area (Å²) in [5, 5.41) is 3.36. The van der Waals surface area contributed by atoms with E-state index < -0.39 is 0 Å². The number of anilines is 1. The van der Waals surface area contributed by atoms with E-state index in [0.717, 1.165) is 29.9 Å². The Labute approximate surface area is 85.6 Å². The average Bonchev–Trinajstić information content (AvgIpc) is 2.62. The van der Waals surface area contributed by atoms with Crippen molar-refractivity contribution in [2.75, 3.05) is 18.5 Å². The zero-order chi connectivity index (χ0) is 9.10. The van der Waals surface area contributed by atoms with Gasteiger partial charge < -0.3 is 10.1 Å². The predicted molar refractivity (Wildman–Crippen MR) is 54.8 cm³/mol. The topological polar surface area (TPSA) is 34.1 Å². The minimum Gasteiger partial charge on any atom is -0.379 e. The van der Waals surface area contributed by atoms with E-state index in [-0.39, 0.29) is 0 Å². The lowest BCUT2D eigenvalue weighted by Gasteiger charge is -2.11. The third-order valence-corrected chi connectivity index (χ3v) is 2.50. The second-order valence-electron chi connectivity index (χ2n) is 3.07. The molecular formula is C9H11BrN2O. The molecule has 3 nitrogen and oxygen atoms in total. The molecule has 4 heteroatoms. The second-order valence-corrected chi connectivity index (χ2v) is 3.89. The molecule has 0 amide bonds. The molecule has 1 aromatic rings. The predicted octanol–water partition coefficient (Wildman–Crippen LogP) is 2.04. The van der Waals surface area contributed by atoms with E-state index >= 15 is 0 Å². The molecule has 1 N–H and O–H groups in total. The van der Waals surface area contributed by atoms with Crippen LogP contribution in [0.25, 0.3) is 0 Å². The smallest absolute Gasteiger partial charge is 0.106 e. The summed E-state index contributed by atoms with van der Waals surface area (Å²) in [4.78, 5) is 4.13. The second kappa shape index (κ2) is 4.07. The lowest BCUT2D eigenvalue weighted by molar-refractivity contribution is 0.195. The van der Waals surface area contributed by atoms with Gasteiger partial charge in [0.25, 0.3) is 0 Å². The molecule has 1 unspecified atom stereocenters. The summed E-state index contributed by atoms with van der Waals surface area (Å²) in [6, 6.07) is 4.39. The molecule has 1 atom stereocenters. The first-order chi connectivity index (χ1) is 6.34. The van der Waals surface area contributed by atoms with Crippen LogP contribution >= 0.6 is 15.9 Å². The number of pyridine rings is 1. The quantitative estimate of drug-likeness (QED) is 0.807. The Bertz CT molecular complexity index is 269. The number of aromatic nitrogens is 1. The van der Waals surface area contributed by atoms with Crippen molar-refractivity contribution in [1.82, 2.24) is 4.98 Å². The Kier molecular flexibility index (Phi) is 2.80.